The summed E-state index contributed by atoms with van der Waals surface area (Å²) in [4.78, 5) is 4.87. The van der Waals surface area contributed by atoms with Gasteiger partial charge in [-0.2, -0.15) is 0 Å². The summed E-state index contributed by atoms with van der Waals surface area (Å²) in [5, 5.41) is 10.5. The highest BCUT2D eigenvalue weighted by atomic mass is 15.2. The highest BCUT2D eigenvalue weighted by molar-refractivity contribution is 6.25. The molecule has 0 saturated carbocycles. The van der Waals surface area contributed by atoms with Gasteiger partial charge in [0.25, 0.3) is 0 Å². The molecule has 0 spiro atoms. The number of benzene rings is 10. The van der Waals surface area contributed by atoms with E-state index in [-0.39, 0.29) is 0 Å². The number of hydrogen-bond donors (Lipinski definition) is 0. The average Bonchev–Trinajstić information content (AvgIpc) is 3.80. The van der Waals surface area contributed by atoms with Crippen LogP contribution in [0.1, 0.15) is 36.1 Å². The van der Waals surface area contributed by atoms with Gasteiger partial charge in [-0.3, -0.25) is 0 Å². The van der Waals surface area contributed by atoms with Gasteiger partial charge in [-0.1, -0.05) is 84.9 Å². The second-order valence-corrected chi connectivity index (χ2v) is 18.0. The van der Waals surface area contributed by atoms with Crippen LogP contribution in [-0.2, 0) is 13.1 Å². The smallest absolute Gasteiger partial charge is 0.0518 e. The van der Waals surface area contributed by atoms with Gasteiger partial charge in [0, 0.05) is 79.8 Å². The molecule has 0 bridgehead atoms. The van der Waals surface area contributed by atoms with Crippen molar-refractivity contribution in [3.63, 3.8) is 0 Å². The number of anilines is 6. The van der Waals surface area contributed by atoms with Crippen molar-refractivity contribution in [1.29, 1.82) is 0 Å². The molecule has 0 fully saturated rings. The molecule has 0 unspecified atom stereocenters. The molecule has 0 radical (unpaired) electrons. The van der Waals surface area contributed by atoms with E-state index in [0.717, 1.165) is 47.2 Å². The van der Waals surface area contributed by atoms with Gasteiger partial charge in [0.1, 0.15) is 0 Å². The van der Waals surface area contributed by atoms with E-state index in [1.807, 2.05) is 0 Å². The van der Waals surface area contributed by atoms with Crippen molar-refractivity contribution < 1.29 is 0 Å². The van der Waals surface area contributed by atoms with E-state index in [1.54, 1.807) is 0 Å². The van der Waals surface area contributed by atoms with Gasteiger partial charge in [-0.15, -0.1) is 0 Å². The first-order chi connectivity index (χ1) is 31.2. The molecule has 4 nitrogen and oxygen atoms in total. The summed E-state index contributed by atoms with van der Waals surface area (Å²) in [5.74, 6) is 0. The summed E-state index contributed by atoms with van der Waals surface area (Å²) >= 11 is 0. The number of rotatable bonds is 9. The molecule has 0 amide bonds. The van der Waals surface area contributed by atoms with Crippen LogP contribution in [0.25, 0.3) is 76.3 Å². The lowest BCUT2D eigenvalue weighted by molar-refractivity contribution is 0.827. The largest absolute Gasteiger partial charge is 0.341 e. The highest BCUT2D eigenvalue weighted by Gasteiger charge is 2.22. The van der Waals surface area contributed by atoms with Gasteiger partial charge in [0.2, 0.25) is 0 Å². The summed E-state index contributed by atoms with van der Waals surface area (Å²) in [6.07, 6.45) is 0. The normalized spacial score (nSPS) is 12.0. The fraction of sp³-hybridized carbons (Fsp3) is 0.133. The molecule has 0 aliphatic heterocycles. The second kappa shape index (κ2) is 14.5. The van der Waals surface area contributed by atoms with E-state index in [9.17, 15) is 0 Å². The molecule has 2 aromatic heterocycles. The van der Waals surface area contributed by atoms with Crippen LogP contribution in [0.4, 0.5) is 34.1 Å². The molecule has 12 rings (SSSR count). The van der Waals surface area contributed by atoms with Gasteiger partial charge in [-0.25, -0.2) is 0 Å². The summed E-state index contributed by atoms with van der Waals surface area (Å²) in [7, 11) is 0. The van der Waals surface area contributed by atoms with E-state index < -0.39 is 0 Å². The van der Waals surface area contributed by atoms with Crippen LogP contribution in [0.5, 0.6) is 0 Å². The van der Waals surface area contributed by atoms with E-state index in [2.05, 4.69) is 230 Å². The Kier molecular flexibility index (Phi) is 8.64. The zero-order valence-electron chi connectivity index (χ0n) is 37.4. The maximum Gasteiger partial charge on any atom is 0.0518 e. The van der Waals surface area contributed by atoms with Crippen LogP contribution in [0, 0.1) is 27.7 Å². The van der Waals surface area contributed by atoms with Crippen molar-refractivity contribution in [2.45, 2.75) is 54.6 Å². The fourth-order valence-corrected chi connectivity index (χ4v) is 11.1. The van der Waals surface area contributed by atoms with Crippen molar-refractivity contribution in [2.24, 2.45) is 0 Å². The van der Waals surface area contributed by atoms with Crippen molar-refractivity contribution in [3.8, 4) is 11.1 Å². The standard InChI is InChI=1S/C60H50N4/c1-7-61-53-13-9-11-43-15-17-45-33-51(35-55(61)59(45)57(43)53)63(49-29-37(3)27-38(4)30-49)47-23-19-41(20-24-47)42-21-25-48(26-22-42)64(50-31-39(5)28-40(6)32-50)52-34-46-18-16-44-12-10-14-54-58(44)60(46)56(36-52)62(54)8-2/h9-36H,7-8H2,1-6H3. The Balaban J connectivity index is 0.952. The number of aryl methyl sites for hydroxylation is 6. The molecular formula is C60H50N4. The van der Waals surface area contributed by atoms with Gasteiger partial charge in [0.15, 0.2) is 0 Å². The van der Waals surface area contributed by atoms with Crippen LogP contribution in [0.15, 0.2) is 170 Å². The third kappa shape index (κ3) is 5.89. The first-order valence-corrected chi connectivity index (χ1v) is 22.8. The molecule has 64 heavy (non-hydrogen) atoms. The molecule has 10 aromatic carbocycles. The molecule has 12 aromatic rings. The van der Waals surface area contributed by atoms with E-state index in [4.69, 9.17) is 0 Å². The van der Waals surface area contributed by atoms with Crippen molar-refractivity contribution in [1.82, 2.24) is 9.13 Å². The Hall–Kier alpha value is -7.56. The summed E-state index contributed by atoms with van der Waals surface area (Å²) < 4.78 is 4.96. The number of hydrogen-bond acceptors (Lipinski definition) is 2. The zero-order chi connectivity index (χ0) is 43.4. The first-order valence-electron chi connectivity index (χ1n) is 22.8. The zero-order valence-corrected chi connectivity index (χ0v) is 37.4. The predicted molar refractivity (Wildman–Crippen MR) is 275 cm³/mol. The minimum atomic E-state index is 0.907. The fourth-order valence-electron chi connectivity index (χ4n) is 11.1. The van der Waals surface area contributed by atoms with E-state index in [1.165, 1.54) is 98.5 Å². The van der Waals surface area contributed by atoms with Gasteiger partial charge in [0.05, 0.1) is 11.0 Å². The molecule has 0 aliphatic carbocycles. The summed E-state index contributed by atoms with van der Waals surface area (Å²) in [5.41, 5.74) is 19.4. The van der Waals surface area contributed by atoms with Crippen LogP contribution in [0.2, 0.25) is 0 Å². The number of nitrogens with zero attached hydrogens (tertiary/aromatic N) is 4. The average molecular weight is 827 g/mol. The minimum absolute atomic E-state index is 0.907. The summed E-state index contributed by atoms with van der Waals surface area (Å²) in [6.45, 7) is 15.1. The molecule has 0 saturated heterocycles. The molecule has 0 atom stereocenters. The molecule has 2 heterocycles. The molecular weight excluding hydrogens is 777 g/mol. The SMILES string of the molecule is CCn1c2cccc3ccc4cc(N(c5ccc(-c6ccc(N(c7cc(C)cc(C)c7)c7cc8ccc9cccc%10c9c8c(c7)n%10CC)cc6)cc5)c5cc(C)cc(C)c5)cc1c4c32. The lowest BCUT2D eigenvalue weighted by Crippen LogP contribution is -2.11. The molecule has 0 aliphatic rings. The third-order valence-electron chi connectivity index (χ3n) is 13.6. The maximum atomic E-state index is 2.48. The Morgan fingerprint density at radius 1 is 0.312 bits per heavy atom. The Bertz CT molecular complexity index is 3450. The molecule has 310 valence electrons. The quantitative estimate of drug-likeness (QED) is 0.135. The van der Waals surface area contributed by atoms with E-state index >= 15 is 0 Å². The van der Waals surface area contributed by atoms with Crippen LogP contribution in [0.3, 0.4) is 0 Å². The lowest BCUT2D eigenvalue weighted by atomic mass is 10.00. The van der Waals surface area contributed by atoms with Crippen molar-refractivity contribution in [2.75, 3.05) is 9.80 Å². The Morgan fingerprint density at radius 2 is 0.656 bits per heavy atom. The van der Waals surface area contributed by atoms with E-state index in [0.29, 0.717) is 0 Å². The minimum Gasteiger partial charge on any atom is -0.341 e. The van der Waals surface area contributed by atoms with Crippen molar-refractivity contribution in [3.05, 3.63) is 192 Å². The number of aromatic nitrogens is 2. The monoisotopic (exact) mass is 826 g/mol. The van der Waals surface area contributed by atoms with Gasteiger partial charge < -0.3 is 18.9 Å². The van der Waals surface area contributed by atoms with Crippen LogP contribution in [-0.4, -0.2) is 9.13 Å². The third-order valence-corrected chi connectivity index (χ3v) is 13.6. The van der Waals surface area contributed by atoms with Gasteiger partial charge >= 0.3 is 0 Å². The predicted octanol–water partition coefficient (Wildman–Crippen LogP) is 17.0. The summed E-state index contributed by atoms with van der Waals surface area (Å²) in [6, 6.07) is 64.1. The van der Waals surface area contributed by atoms with Gasteiger partial charge in [-0.05, 0) is 181 Å². The Labute approximate surface area is 374 Å². The highest BCUT2D eigenvalue weighted by Crippen LogP contribution is 2.46. The first kappa shape index (κ1) is 38.1. The topological polar surface area (TPSA) is 16.3 Å². The second-order valence-electron chi connectivity index (χ2n) is 18.0. The maximum absolute atomic E-state index is 2.48. The lowest BCUT2D eigenvalue weighted by Gasteiger charge is -2.27. The molecule has 4 heteroatoms. The van der Waals surface area contributed by atoms with Crippen LogP contribution < -0.4 is 9.80 Å². The molecule has 0 N–H and O–H groups in total. The Morgan fingerprint density at radius 3 is 1.03 bits per heavy atom. The van der Waals surface area contributed by atoms with Crippen molar-refractivity contribution >= 4 is 99.3 Å². The van der Waals surface area contributed by atoms with Crippen LogP contribution >= 0.6 is 0 Å².